The minimum absolute atomic E-state index is 0.597. The van der Waals surface area contributed by atoms with Crippen molar-refractivity contribution in [1.29, 1.82) is 0 Å². The highest BCUT2D eigenvalue weighted by molar-refractivity contribution is 5.76. The van der Waals surface area contributed by atoms with Crippen LogP contribution in [0.15, 0.2) is 43.1 Å². The highest BCUT2D eigenvalue weighted by Crippen LogP contribution is 2.32. The zero-order valence-corrected chi connectivity index (χ0v) is 17.2. The molecule has 1 saturated heterocycles. The predicted molar refractivity (Wildman–Crippen MR) is 113 cm³/mol. The Kier molecular flexibility index (Phi) is 6.27. The first-order valence-corrected chi connectivity index (χ1v) is 10.2. The van der Waals surface area contributed by atoms with Crippen LogP contribution in [0.25, 0.3) is 22.6 Å². The highest BCUT2D eigenvalue weighted by atomic mass is 16.5. The van der Waals surface area contributed by atoms with Crippen LogP contribution in [0.2, 0.25) is 0 Å². The summed E-state index contributed by atoms with van der Waals surface area (Å²) in [6, 6.07) is 8.05. The highest BCUT2D eigenvalue weighted by Gasteiger charge is 2.23. The number of rotatable bonds is 8. The van der Waals surface area contributed by atoms with Crippen molar-refractivity contribution in [3.8, 4) is 28.4 Å². The van der Waals surface area contributed by atoms with Gasteiger partial charge in [-0.05, 0) is 49.6 Å². The molecule has 0 saturated carbocycles. The van der Waals surface area contributed by atoms with Crippen LogP contribution in [0.1, 0.15) is 12.8 Å². The minimum atomic E-state index is 0.597. The fraction of sp³-hybridized carbons (Fsp3) is 0.455. The number of H-pyrrole nitrogens is 1. The largest absolute Gasteiger partial charge is 0.497 e. The molecule has 29 heavy (non-hydrogen) atoms. The Bertz CT molecular complexity index is 889. The number of benzene rings is 1. The number of hydrogen-bond donors (Lipinski definition) is 1. The van der Waals surface area contributed by atoms with Gasteiger partial charge in [0.05, 0.1) is 49.6 Å². The van der Waals surface area contributed by atoms with Crippen LogP contribution in [-0.2, 0) is 11.3 Å². The maximum atomic E-state index is 5.30. The molecule has 1 aliphatic rings. The van der Waals surface area contributed by atoms with E-state index >= 15 is 0 Å². The summed E-state index contributed by atoms with van der Waals surface area (Å²) in [5, 5.41) is 0. The summed E-state index contributed by atoms with van der Waals surface area (Å²) in [6.45, 7) is 5.00. The smallest absolute Gasteiger partial charge is 0.118 e. The number of likely N-dealkylation sites (tertiary alicyclic amines) is 1. The molecule has 0 aliphatic carbocycles. The molecule has 1 aromatic carbocycles. The van der Waals surface area contributed by atoms with E-state index in [0.29, 0.717) is 5.92 Å². The molecule has 1 unspecified atom stereocenters. The maximum Gasteiger partial charge on any atom is 0.118 e. The van der Waals surface area contributed by atoms with E-state index in [1.54, 1.807) is 20.5 Å². The molecule has 3 heterocycles. The van der Waals surface area contributed by atoms with Gasteiger partial charge in [0.1, 0.15) is 5.75 Å². The van der Waals surface area contributed by atoms with Crippen molar-refractivity contribution in [2.45, 2.75) is 19.4 Å². The first-order chi connectivity index (χ1) is 14.3. The molecule has 0 amide bonds. The van der Waals surface area contributed by atoms with E-state index in [4.69, 9.17) is 14.5 Å². The number of piperidine rings is 1. The third kappa shape index (κ3) is 4.52. The van der Waals surface area contributed by atoms with Crippen LogP contribution in [0, 0.1) is 5.92 Å². The van der Waals surface area contributed by atoms with Crippen molar-refractivity contribution in [3.63, 3.8) is 0 Å². The molecule has 0 bridgehead atoms. The molecular formula is C22H29N5O2. The molecule has 1 fully saturated rings. The third-order valence-electron chi connectivity index (χ3n) is 5.62. The summed E-state index contributed by atoms with van der Waals surface area (Å²) in [5.41, 5.74) is 4.10. The maximum absolute atomic E-state index is 5.30. The van der Waals surface area contributed by atoms with Gasteiger partial charge < -0.3 is 23.9 Å². The van der Waals surface area contributed by atoms with E-state index in [1.165, 1.54) is 12.8 Å². The molecule has 1 aliphatic heterocycles. The second kappa shape index (κ2) is 9.24. The molecule has 2 aromatic heterocycles. The van der Waals surface area contributed by atoms with Gasteiger partial charge in [0.2, 0.25) is 0 Å². The molecule has 154 valence electrons. The van der Waals surface area contributed by atoms with Crippen molar-refractivity contribution in [1.82, 2.24) is 24.4 Å². The lowest BCUT2D eigenvalue weighted by Gasteiger charge is -2.32. The molecule has 7 nitrogen and oxygen atoms in total. The van der Waals surface area contributed by atoms with Gasteiger partial charge in [-0.25, -0.2) is 9.97 Å². The molecule has 7 heteroatoms. The standard InChI is InChI=1S/C22H29N5O2/c1-28-11-10-26-9-3-4-17(13-26)14-27-16-25-21(22(27)20-12-23-15-24-20)18-5-7-19(29-2)8-6-18/h5-8,12,15-17H,3-4,9-11,13-14H2,1-2H3,(H,23,24). The van der Waals surface area contributed by atoms with Gasteiger partial charge in [-0.3, -0.25) is 0 Å². The molecule has 0 radical (unpaired) electrons. The Labute approximate surface area is 171 Å². The Hall–Kier alpha value is -2.64. The summed E-state index contributed by atoms with van der Waals surface area (Å²) in [5.74, 6) is 1.44. The number of methoxy groups -OCH3 is 2. The van der Waals surface area contributed by atoms with Crippen LogP contribution in [0.3, 0.4) is 0 Å². The van der Waals surface area contributed by atoms with Gasteiger partial charge in [0.15, 0.2) is 0 Å². The summed E-state index contributed by atoms with van der Waals surface area (Å²) in [6.07, 6.45) is 8.02. The van der Waals surface area contributed by atoms with Gasteiger partial charge in [0.25, 0.3) is 0 Å². The van der Waals surface area contributed by atoms with E-state index in [9.17, 15) is 0 Å². The van der Waals surface area contributed by atoms with E-state index in [2.05, 4.69) is 31.6 Å². The lowest BCUT2D eigenvalue weighted by Crippen LogP contribution is -2.38. The van der Waals surface area contributed by atoms with E-state index in [1.807, 2.05) is 24.7 Å². The van der Waals surface area contributed by atoms with Crippen LogP contribution in [0.4, 0.5) is 0 Å². The van der Waals surface area contributed by atoms with Crippen molar-refractivity contribution < 1.29 is 9.47 Å². The Morgan fingerprint density at radius 1 is 1.21 bits per heavy atom. The SMILES string of the molecule is COCCN1CCCC(Cn2cnc(-c3ccc(OC)cc3)c2-c2cnc[nH]2)C1. The van der Waals surface area contributed by atoms with E-state index in [0.717, 1.165) is 61.2 Å². The minimum Gasteiger partial charge on any atom is -0.497 e. The normalized spacial score (nSPS) is 17.5. The lowest BCUT2D eigenvalue weighted by atomic mass is 9.97. The third-order valence-corrected chi connectivity index (χ3v) is 5.62. The van der Waals surface area contributed by atoms with Gasteiger partial charge in [-0.2, -0.15) is 0 Å². The first-order valence-electron chi connectivity index (χ1n) is 10.2. The van der Waals surface area contributed by atoms with Crippen molar-refractivity contribution in [3.05, 3.63) is 43.1 Å². The molecule has 4 rings (SSSR count). The van der Waals surface area contributed by atoms with E-state index < -0.39 is 0 Å². The van der Waals surface area contributed by atoms with E-state index in [-0.39, 0.29) is 0 Å². The van der Waals surface area contributed by atoms with Crippen LogP contribution >= 0.6 is 0 Å². The van der Waals surface area contributed by atoms with Crippen LogP contribution in [-0.4, -0.2) is 64.9 Å². The van der Waals surface area contributed by atoms with Crippen molar-refractivity contribution >= 4 is 0 Å². The van der Waals surface area contributed by atoms with Crippen LogP contribution < -0.4 is 4.74 Å². The molecule has 1 atom stereocenters. The average Bonchev–Trinajstić information content (AvgIpc) is 3.42. The number of nitrogens with zero attached hydrogens (tertiary/aromatic N) is 4. The molecule has 0 spiro atoms. The number of aromatic amines is 1. The Balaban J connectivity index is 1.59. The second-order valence-corrected chi connectivity index (χ2v) is 7.59. The summed E-state index contributed by atoms with van der Waals surface area (Å²) in [4.78, 5) is 14.8. The summed E-state index contributed by atoms with van der Waals surface area (Å²) < 4.78 is 12.8. The number of nitrogens with one attached hydrogen (secondary N) is 1. The topological polar surface area (TPSA) is 68.2 Å². The fourth-order valence-corrected chi connectivity index (χ4v) is 4.15. The predicted octanol–water partition coefficient (Wildman–Crippen LogP) is 3.31. The van der Waals surface area contributed by atoms with Gasteiger partial charge in [0, 0.05) is 32.3 Å². The second-order valence-electron chi connectivity index (χ2n) is 7.59. The first kappa shape index (κ1) is 19.7. The van der Waals surface area contributed by atoms with Crippen molar-refractivity contribution in [2.75, 3.05) is 40.5 Å². The number of aromatic nitrogens is 4. The van der Waals surface area contributed by atoms with Crippen LogP contribution in [0.5, 0.6) is 5.75 Å². The van der Waals surface area contributed by atoms with Gasteiger partial charge in [-0.1, -0.05) is 0 Å². The van der Waals surface area contributed by atoms with Gasteiger partial charge >= 0.3 is 0 Å². The average molecular weight is 396 g/mol. The molecule has 3 aromatic rings. The molecule has 1 N–H and O–H groups in total. The quantitative estimate of drug-likeness (QED) is 0.634. The van der Waals surface area contributed by atoms with Gasteiger partial charge in [-0.15, -0.1) is 0 Å². The number of ether oxygens (including phenoxy) is 2. The monoisotopic (exact) mass is 395 g/mol. The Morgan fingerprint density at radius 3 is 2.79 bits per heavy atom. The fourth-order valence-electron chi connectivity index (χ4n) is 4.15. The van der Waals surface area contributed by atoms with Crippen molar-refractivity contribution in [2.24, 2.45) is 5.92 Å². The zero-order chi connectivity index (χ0) is 20.1. The number of hydrogen-bond acceptors (Lipinski definition) is 5. The summed E-state index contributed by atoms with van der Waals surface area (Å²) in [7, 11) is 3.45. The zero-order valence-electron chi connectivity index (χ0n) is 17.2. The lowest BCUT2D eigenvalue weighted by molar-refractivity contribution is 0.110. The molecular weight excluding hydrogens is 366 g/mol. The summed E-state index contributed by atoms with van der Waals surface area (Å²) >= 11 is 0. The number of imidazole rings is 2. The Morgan fingerprint density at radius 2 is 2.07 bits per heavy atom.